The van der Waals surface area contributed by atoms with Crippen LogP contribution < -0.4 is 0 Å². The van der Waals surface area contributed by atoms with Crippen LogP contribution in [0.1, 0.15) is 32.3 Å². The van der Waals surface area contributed by atoms with Crippen molar-refractivity contribution in [1.82, 2.24) is 0 Å². The van der Waals surface area contributed by atoms with Crippen molar-refractivity contribution in [3.63, 3.8) is 0 Å². The molecule has 0 aliphatic rings. The highest BCUT2D eigenvalue weighted by Gasteiger charge is 2.11. The molecule has 1 rings (SSSR count). The molecule has 0 nitrogen and oxygen atoms in total. The van der Waals surface area contributed by atoms with Gasteiger partial charge in [0.25, 0.3) is 0 Å². The zero-order chi connectivity index (χ0) is 12.1. The molecule has 0 saturated heterocycles. The summed E-state index contributed by atoms with van der Waals surface area (Å²) in [6.45, 7) is 4.28. The minimum absolute atomic E-state index is 0.448. The maximum absolute atomic E-state index is 13.3. The summed E-state index contributed by atoms with van der Waals surface area (Å²) in [5.41, 5.74) is 0.475. The van der Waals surface area contributed by atoms with Crippen molar-refractivity contribution in [3.8, 4) is 0 Å². The van der Waals surface area contributed by atoms with E-state index in [0.29, 0.717) is 22.7 Å². The molecule has 0 aliphatic carbocycles. The summed E-state index contributed by atoms with van der Waals surface area (Å²) in [7, 11) is 0. The van der Waals surface area contributed by atoms with E-state index >= 15 is 0 Å². The third-order valence-corrected chi connectivity index (χ3v) is 4.20. The van der Waals surface area contributed by atoms with E-state index in [1.807, 2.05) is 0 Å². The molecule has 0 saturated carbocycles. The number of hydrogen-bond acceptors (Lipinski definition) is 0. The smallest absolute Gasteiger partial charge is 0.162 e. The van der Waals surface area contributed by atoms with Gasteiger partial charge in [0.1, 0.15) is 0 Å². The summed E-state index contributed by atoms with van der Waals surface area (Å²) < 4.78 is 26.2. The van der Waals surface area contributed by atoms with Crippen molar-refractivity contribution in [1.29, 1.82) is 0 Å². The van der Waals surface area contributed by atoms with E-state index in [1.54, 1.807) is 12.1 Å². The molecular formula is C13H17BrF2. The van der Waals surface area contributed by atoms with Crippen molar-refractivity contribution < 1.29 is 8.78 Å². The standard InChI is InChI=1S/C13H17BrF2/c1-9(2)11(14)7-3-5-10-6-4-8-12(15)13(10)16/h4,6,8-9,11H,3,5,7H2,1-2H3. The van der Waals surface area contributed by atoms with Crippen LogP contribution in [0, 0.1) is 17.6 Å². The van der Waals surface area contributed by atoms with Crippen LogP contribution in [0.2, 0.25) is 0 Å². The van der Waals surface area contributed by atoms with Gasteiger partial charge >= 0.3 is 0 Å². The Balaban J connectivity index is 2.46. The van der Waals surface area contributed by atoms with Crippen molar-refractivity contribution in [3.05, 3.63) is 35.4 Å². The molecule has 0 heterocycles. The van der Waals surface area contributed by atoms with Crippen LogP contribution in [-0.2, 0) is 6.42 Å². The highest BCUT2D eigenvalue weighted by molar-refractivity contribution is 9.09. The van der Waals surface area contributed by atoms with Gasteiger partial charge in [-0.3, -0.25) is 0 Å². The molecule has 0 bridgehead atoms. The van der Waals surface area contributed by atoms with Crippen molar-refractivity contribution in [2.75, 3.05) is 0 Å². The van der Waals surface area contributed by atoms with Gasteiger partial charge in [0.15, 0.2) is 11.6 Å². The second kappa shape index (κ2) is 6.33. The third kappa shape index (κ3) is 3.85. The molecular weight excluding hydrogens is 274 g/mol. The van der Waals surface area contributed by atoms with E-state index in [1.165, 1.54) is 0 Å². The Bertz CT molecular complexity index is 337. The molecule has 0 N–H and O–H groups in total. The quantitative estimate of drug-likeness (QED) is 0.689. The monoisotopic (exact) mass is 290 g/mol. The molecule has 0 aromatic heterocycles. The Morgan fingerprint density at radius 3 is 2.56 bits per heavy atom. The molecule has 3 heteroatoms. The molecule has 0 fully saturated rings. The molecule has 16 heavy (non-hydrogen) atoms. The lowest BCUT2D eigenvalue weighted by Gasteiger charge is -2.13. The lowest BCUT2D eigenvalue weighted by atomic mass is 10.0. The fourth-order valence-corrected chi connectivity index (χ4v) is 1.89. The van der Waals surface area contributed by atoms with E-state index in [9.17, 15) is 8.78 Å². The first-order chi connectivity index (χ1) is 7.52. The van der Waals surface area contributed by atoms with E-state index in [4.69, 9.17) is 0 Å². The van der Waals surface area contributed by atoms with Crippen molar-refractivity contribution >= 4 is 15.9 Å². The van der Waals surface area contributed by atoms with Gasteiger partial charge in [0.2, 0.25) is 0 Å². The molecule has 1 unspecified atom stereocenters. The average molecular weight is 291 g/mol. The van der Waals surface area contributed by atoms with Gasteiger partial charge in [-0.2, -0.15) is 0 Å². The maximum atomic E-state index is 13.3. The predicted molar refractivity (Wildman–Crippen MR) is 66.8 cm³/mol. The SMILES string of the molecule is CC(C)C(Br)CCCc1cccc(F)c1F. The molecule has 0 aliphatic heterocycles. The lowest BCUT2D eigenvalue weighted by Crippen LogP contribution is -2.07. The van der Waals surface area contributed by atoms with Crippen LogP contribution in [0.5, 0.6) is 0 Å². The van der Waals surface area contributed by atoms with Gasteiger partial charge < -0.3 is 0 Å². The van der Waals surface area contributed by atoms with Crippen LogP contribution in [-0.4, -0.2) is 4.83 Å². The van der Waals surface area contributed by atoms with Crippen LogP contribution in [0.4, 0.5) is 8.78 Å². The number of benzene rings is 1. The summed E-state index contributed by atoms with van der Waals surface area (Å²) >= 11 is 3.58. The fourth-order valence-electron chi connectivity index (χ4n) is 1.56. The molecule has 90 valence electrons. The highest BCUT2D eigenvalue weighted by atomic mass is 79.9. The van der Waals surface area contributed by atoms with Crippen molar-refractivity contribution in [2.24, 2.45) is 5.92 Å². The number of halogens is 3. The van der Waals surface area contributed by atoms with Gasteiger partial charge in [-0.25, -0.2) is 8.78 Å². The number of hydrogen-bond donors (Lipinski definition) is 0. The molecule has 0 radical (unpaired) electrons. The first-order valence-corrected chi connectivity index (χ1v) is 6.51. The van der Waals surface area contributed by atoms with Crippen LogP contribution in [0.25, 0.3) is 0 Å². The average Bonchev–Trinajstić information content (AvgIpc) is 2.24. The molecule has 1 aromatic carbocycles. The first-order valence-electron chi connectivity index (χ1n) is 5.59. The first kappa shape index (κ1) is 13.6. The predicted octanol–water partition coefficient (Wildman–Crippen LogP) is 4.71. The van der Waals surface area contributed by atoms with Crippen LogP contribution >= 0.6 is 15.9 Å². The van der Waals surface area contributed by atoms with Gasteiger partial charge in [-0.1, -0.05) is 41.9 Å². The Labute approximate surface area is 104 Å². The molecule has 1 atom stereocenters. The Kier molecular flexibility index (Phi) is 5.39. The highest BCUT2D eigenvalue weighted by Crippen LogP contribution is 2.20. The summed E-state index contributed by atoms with van der Waals surface area (Å²) in [6, 6.07) is 4.36. The van der Waals surface area contributed by atoms with Gasteiger partial charge in [-0.15, -0.1) is 0 Å². The second-order valence-electron chi connectivity index (χ2n) is 4.37. The Morgan fingerprint density at radius 1 is 1.25 bits per heavy atom. The molecule has 0 amide bonds. The Hall–Kier alpha value is -0.440. The van der Waals surface area contributed by atoms with E-state index in [0.717, 1.165) is 18.9 Å². The number of rotatable bonds is 5. The summed E-state index contributed by atoms with van der Waals surface area (Å²) in [5, 5.41) is 0. The summed E-state index contributed by atoms with van der Waals surface area (Å²) in [5.74, 6) is -0.882. The van der Waals surface area contributed by atoms with E-state index in [-0.39, 0.29) is 0 Å². The Morgan fingerprint density at radius 2 is 1.94 bits per heavy atom. The van der Waals surface area contributed by atoms with Crippen LogP contribution in [0.15, 0.2) is 18.2 Å². The van der Waals surface area contributed by atoms with E-state index < -0.39 is 11.6 Å². The van der Waals surface area contributed by atoms with E-state index in [2.05, 4.69) is 29.8 Å². The lowest BCUT2D eigenvalue weighted by molar-refractivity contribution is 0.493. The third-order valence-electron chi connectivity index (χ3n) is 2.68. The summed E-state index contributed by atoms with van der Waals surface area (Å²) in [6.07, 6.45) is 2.44. The summed E-state index contributed by atoms with van der Waals surface area (Å²) in [4.78, 5) is 0.448. The maximum Gasteiger partial charge on any atom is 0.162 e. The minimum atomic E-state index is -0.753. The number of alkyl halides is 1. The van der Waals surface area contributed by atoms with Crippen LogP contribution in [0.3, 0.4) is 0 Å². The normalized spacial score (nSPS) is 13.1. The zero-order valence-electron chi connectivity index (χ0n) is 9.64. The minimum Gasteiger partial charge on any atom is -0.204 e. The molecule has 1 aromatic rings. The number of aryl methyl sites for hydroxylation is 1. The topological polar surface area (TPSA) is 0 Å². The van der Waals surface area contributed by atoms with Gasteiger partial charge in [-0.05, 0) is 36.8 Å². The van der Waals surface area contributed by atoms with Gasteiger partial charge in [0.05, 0.1) is 0 Å². The van der Waals surface area contributed by atoms with Gasteiger partial charge in [0, 0.05) is 4.83 Å². The van der Waals surface area contributed by atoms with Crippen molar-refractivity contribution in [2.45, 2.75) is 37.9 Å². The molecule has 0 spiro atoms. The largest absolute Gasteiger partial charge is 0.204 e. The zero-order valence-corrected chi connectivity index (χ0v) is 11.2. The second-order valence-corrected chi connectivity index (χ2v) is 5.54. The fraction of sp³-hybridized carbons (Fsp3) is 0.538.